The highest BCUT2D eigenvalue weighted by atomic mass is 19.4. The van der Waals surface area contributed by atoms with Crippen molar-refractivity contribution in [3.63, 3.8) is 0 Å². The van der Waals surface area contributed by atoms with E-state index in [1.165, 1.54) is 6.07 Å². The van der Waals surface area contributed by atoms with Crippen LogP contribution >= 0.6 is 0 Å². The fourth-order valence-electron chi connectivity index (χ4n) is 2.46. The van der Waals surface area contributed by atoms with E-state index < -0.39 is 11.7 Å². The predicted molar refractivity (Wildman–Crippen MR) is 63.6 cm³/mol. The summed E-state index contributed by atoms with van der Waals surface area (Å²) < 4.78 is 45.3. The number of nitrogens with zero attached hydrogens (tertiary/aromatic N) is 2. The van der Waals surface area contributed by atoms with E-state index in [0.717, 1.165) is 25.0 Å². The molecule has 1 aromatic heterocycles. The first-order valence-corrected chi connectivity index (χ1v) is 6.12. The van der Waals surface area contributed by atoms with Crippen molar-refractivity contribution in [3.8, 4) is 0 Å². The second-order valence-corrected chi connectivity index (χ2v) is 4.73. The average molecular weight is 270 g/mol. The summed E-state index contributed by atoms with van der Waals surface area (Å²) in [4.78, 5) is 4.31. The van der Waals surface area contributed by atoms with E-state index >= 15 is 0 Å². The van der Waals surface area contributed by atoms with E-state index in [2.05, 4.69) is 4.98 Å². The molecule has 1 fully saturated rings. The van der Waals surface area contributed by atoms with Crippen LogP contribution in [0.4, 0.5) is 13.2 Å². The van der Waals surface area contributed by atoms with Crippen LogP contribution in [-0.2, 0) is 18.0 Å². The summed E-state index contributed by atoms with van der Waals surface area (Å²) in [6.45, 7) is 0.682. The Balaban J connectivity index is 2.09. The van der Waals surface area contributed by atoms with E-state index in [0.29, 0.717) is 23.5 Å². The second kappa shape index (κ2) is 4.23. The first-order valence-electron chi connectivity index (χ1n) is 6.12. The molecule has 0 spiro atoms. The molecule has 0 amide bonds. The molecule has 19 heavy (non-hydrogen) atoms. The minimum absolute atomic E-state index is 0.105. The SMILES string of the molecule is Cn1c([C@H]2CCCO2)nc2cc(C(F)(F)F)ccc21. The number of ether oxygens (including phenoxy) is 1. The van der Waals surface area contributed by atoms with Crippen molar-refractivity contribution in [2.75, 3.05) is 6.61 Å². The van der Waals surface area contributed by atoms with E-state index in [1.54, 1.807) is 7.05 Å². The lowest BCUT2D eigenvalue weighted by Gasteiger charge is -2.08. The third-order valence-corrected chi connectivity index (χ3v) is 3.46. The van der Waals surface area contributed by atoms with Crippen LogP contribution < -0.4 is 0 Å². The highest BCUT2D eigenvalue weighted by molar-refractivity contribution is 5.77. The number of alkyl halides is 3. The van der Waals surface area contributed by atoms with Gasteiger partial charge in [0.25, 0.3) is 0 Å². The van der Waals surface area contributed by atoms with Crippen molar-refractivity contribution < 1.29 is 17.9 Å². The summed E-state index contributed by atoms with van der Waals surface area (Å²) in [5, 5.41) is 0. The number of hydrogen-bond acceptors (Lipinski definition) is 2. The first-order chi connectivity index (χ1) is 8.97. The topological polar surface area (TPSA) is 27.1 Å². The van der Waals surface area contributed by atoms with Gasteiger partial charge in [-0.1, -0.05) is 0 Å². The van der Waals surface area contributed by atoms with Crippen molar-refractivity contribution in [2.45, 2.75) is 25.1 Å². The molecule has 2 aromatic rings. The van der Waals surface area contributed by atoms with Gasteiger partial charge < -0.3 is 9.30 Å². The molecule has 102 valence electrons. The van der Waals surface area contributed by atoms with Crippen LogP contribution in [0, 0.1) is 0 Å². The maximum absolute atomic E-state index is 12.7. The standard InChI is InChI=1S/C13H13F3N2O/c1-18-10-5-4-8(13(14,15)16)7-9(10)17-12(18)11-3-2-6-19-11/h4-5,7,11H,2-3,6H2,1H3/t11-/m1/s1. The molecule has 1 saturated heterocycles. The Morgan fingerprint density at radius 2 is 2.16 bits per heavy atom. The Labute approximate surface area is 108 Å². The first kappa shape index (κ1) is 12.5. The maximum Gasteiger partial charge on any atom is 0.416 e. The Morgan fingerprint density at radius 3 is 2.79 bits per heavy atom. The lowest BCUT2D eigenvalue weighted by molar-refractivity contribution is -0.137. The Kier molecular flexibility index (Phi) is 2.78. The normalized spacial score (nSPS) is 20.3. The third-order valence-electron chi connectivity index (χ3n) is 3.46. The van der Waals surface area contributed by atoms with Gasteiger partial charge in [-0.25, -0.2) is 4.98 Å². The van der Waals surface area contributed by atoms with Gasteiger partial charge in [-0.2, -0.15) is 13.2 Å². The van der Waals surface area contributed by atoms with Crippen LogP contribution in [0.25, 0.3) is 11.0 Å². The fraction of sp³-hybridized carbons (Fsp3) is 0.462. The van der Waals surface area contributed by atoms with Crippen molar-refractivity contribution >= 4 is 11.0 Å². The van der Waals surface area contributed by atoms with E-state index in [4.69, 9.17) is 4.74 Å². The van der Waals surface area contributed by atoms with Gasteiger partial charge in [-0.15, -0.1) is 0 Å². The van der Waals surface area contributed by atoms with Crippen LogP contribution in [0.5, 0.6) is 0 Å². The molecule has 0 N–H and O–H groups in total. The Hall–Kier alpha value is -1.56. The number of aryl methyl sites for hydroxylation is 1. The number of halogens is 3. The number of fused-ring (bicyclic) bond motifs is 1. The average Bonchev–Trinajstić information content (AvgIpc) is 2.96. The largest absolute Gasteiger partial charge is 0.416 e. The second-order valence-electron chi connectivity index (χ2n) is 4.73. The zero-order valence-corrected chi connectivity index (χ0v) is 10.4. The monoisotopic (exact) mass is 270 g/mol. The highest BCUT2D eigenvalue weighted by Gasteiger charge is 2.31. The number of rotatable bonds is 1. The molecule has 0 bridgehead atoms. The van der Waals surface area contributed by atoms with Crippen LogP contribution in [0.1, 0.15) is 30.3 Å². The summed E-state index contributed by atoms with van der Waals surface area (Å²) >= 11 is 0. The molecule has 2 heterocycles. The molecule has 0 aliphatic carbocycles. The summed E-state index contributed by atoms with van der Waals surface area (Å²) in [5.74, 6) is 0.701. The van der Waals surface area contributed by atoms with Crippen LogP contribution in [0.15, 0.2) is 18.2 Å². The summed E-state index contributed by atoms with van der Waals surface area (Å²) in [6, 6.07) is 3.64. The molecule has 1 aromatic carbocycles. The Morgan fingerprint density at radius 1 is 1.37 bits per heavy atom. The molecule has 3 nitrogen and oxygen atoms in total. The molecule has 3 rings (SSSR count). The van der Waals surface area contributed by atoms with Gasteiger partial charge in [0.1, 0.15) is 11.9 Å². The van der Waals surface area contributed by atoms with Crippen molar-refractivity contribution in [1.82, 2.24) is 9.55 Å². The van der Waals surface area contributed by atoms with Crippen LogP contribution in [-0.4, -0.2) is 16.2 Å². The number of imidazole rings is 1. The van der Waals surface area contributed by atoms with Gasteiger partial charge in [0.05, 0.1) is 16.6 Å². The molecular formula is C13H13F3N2O. The minimum atomic E-state index is -4.34. The molecule has 0 radical (unpaired) electrons. The molecule has 1 atom stereocenters. The molecule has 6 heteroatoms. The van der Waals surface area contributed by atoms with Crippen molar-refractivity contribution in [3.05, 3.63) is 29.6 Å². The lowest BCUT2D eigenvalue weighted by Crippen LogP contribution is -2.04. The van der Waals surface area contributed by atoms with Gasteiger partial charge in [0, 0.05) is 13.7 Å². The molecule has 0 saturated carbocycles. The van der Waals surface area contributed by atoms with Crippen LogP contribution in [0.3, 0.4) is 0 Å². The number of aromatic nitrogens is 2. The van der Waals surface area contributed by atoms with E-state index in [1.807, 2.05) is 4.57 Å². The van der Waals surface area contributed by atoms with E-state index in [-0.39, 0.29) is 6.10 Å². The van der Waals surface area contributed by atoms with Gasteiger partial charge >= 0.3 is 6.18 Å². The highest BCUT2D eigenvalue weighted by Crippen LogP contribution is 2.33. The van der Waals surface area contributed by atoms with Crippen molar-refractivity contribution in [2.24, 2.45) is 7.05 Å². The van der Waals surface area contributed by atoms with Gasteiger partial charge in [0.15, 0.2) is 0 Å². The summed E-state index contributed by atoms with van der Waals surface area (Å²) in [7, 11) is 1.81. The number of hydrogen-bond donors (Lipinski definition) is 0. The zero-order valence-electron chi connectivity index (χ0n) is 10.4. The number of benzene rings is 1. The predicted octanol–water partition coefficient (Wildman–Crippen LogP) is 3.44. The summed E-state index contributed by atoms with van der Waals surface area (Å²) in [6.07, 6.45) is -2.62. The smallest absolute Gasteiger partial charge is 0.370 e. The van der Waals surface area contributed by atoms with Crippen molar-refractivity contribution in [1.29, 1.82) is 0 Å². The van der Waals surface area contributed by atoms with Gasteiger partial charge in [0.2, 0.25) is 0 Å². The minimum Gasteiger partial charge on any atom is -0.370 e. The zero-order chi connectivity index (χ0) is 13.6. The molecule has 1 aliphatic rings. The molecule has 1 aliphatic heterocycles. The fourth-order valence-corrected chi connectivity index (χ4v) is 2.46. The molecular weight excluding hydrogens is 257 g/mol. The van der Waals surface area contributed by atoms with Gasteiger partial charge in [-0.05, 0) is 31.0 Å². The van der Waals surface area contributed by atoms with Gasteiger partial charge in [-0.3, -0.25) is 0 Å². The van der Waals surface area contributed by atoms with E-state index in [9.17, 15) is 13.2 Å². The quantitative estimate of drug-likeness (QED) is 0.793. The summed E-state index contributed by atoms with van der Waals surface area (Å²) in [5.41, 5.74) is 0.387. The lowest BCUT2D eigenvalue weighted by atomic mass is 10.2. The Bertz CT molecular complexity index is 612. The molecule has 0 unspecified atom stereocenters. The van der Waals surface area contributed by atoms with Crippen LogP contribution in [0.2, 0.25) is 0 Å². The maximum atomic E-state index is 12.7. The third kappa shape index (κ3) is 2.10.